The predicted octanol–water partition coefficient (Wildman–Crippen LogP) is 3.93. The molecular formula is C24H21FN2O3. The van der Waals surface area contributed by atoms with Gasteiger partial charge in [0.2, 0.25) is 5.95 Å². The molecule has 0 saturated carbocycles. The van der Waals surface area contributed by atoms with Gasteiger partial charge in [-0.2, -0.15) is 9.65 Å². The molecule has 3 aliphatic rings. The van der Waals surface area contributed by atoms with Gasteiger partial charge >= 0.3 is 0 Å². The van der Waals surface area contributed by atoms with E-state index < -0.39 is 35.9 Å². The van der Waals surface area contributed by atoms with E-state index in [1.54, 1.807) is 6.07 Å². The molecule has 2 aromatic rings. The Morgan fingerprint density at radius 1 is 1.10 bits per heavy atom. The summed E-state index contributed by atoms with van der Waals surface area (Å²) in [7, 11) is 0. The molecule has 152 valence electrons. The number of halogens is 1. The minimum absolute atomic E-state index is 0.0454. The van der Waals surface area contributed by atoms with Crippen LogP contribution in [0.4, 0.5) is 4.39 Å². The number of aromatic nitrogens is 1. The van der Waals surface area contributed by atoms with Crippen LogP contribution >= 0.6 is 0 Å². The SMILES string of the molecule is Cc1cc(C)c(C2=C(O)[C@@H]3[C@@H]4O[C@@H](C(C#N)[C@H]4c4ccc(F)nc4)[C@@H]3C2=O)c(C)c1. The van der Waals surface area contributed by atoms with Crippen LogP contribution in [-0.2, 0) is 9.53 Å². The van der Waals surface area contributed by atoms with Crippen LogP contribution in [0.5, 0.6) is 0 Å². The van der Waals surface area contributed by atoms with Crippen molar-refractivity contribution in [3.8, 4) is 6.07 Å². The van der Waals surface area contributed by atoms with Crippen LogP contribution in [0.1, 0.15) is 33.7 Å². The second kappa shape index (κ2) is 6.48. The second-order valence-electron chi connectivity index (χ2n) is 8.61. The number of allylic oxidation sites excluding steroid dienone is 1. The minimum Gasteiger partial charge on any atom is -0.511 e. The third-order valence-corrected chi connectivity index (χ3v) is 6.84. The summed E-state index contributed by atoms with van der Waals surface area (Å²) in [6, 6.07) is 9.15. The van der Waals surface area contributed by atoms with Gasteiger partial charge in [0, 0.05) is 12.1 Å². The van der Waals surface area contributed by atoms with E-state index in [0.717, 1.165) is 22.3 Å². The molecular weight excluding hydrogens is 383 g/mol. The van der Waals surface area contributed by atoms with E-state index in [4.69, 9.17) is 4.74 Å². The maximum Gasteiger partial charge on any atom is 0.212 e. The Kier molecular flexibility index (Phi) is 4.09. The maximum atomic E-state index is 13.5. The highest BCUT2D eigenvalue weighted by Crippen LogP contribution is 2.60. The lowest BCUT2D eigenvalue weighted by atomic mass is 9.67. The third kappa shape index (κ3) is 2.42. The summed E-state index contributed by atoms with van der Waals surface area (Å²) in [4.78, 5) is 17.2. The van der Waals surface area contributed by atoms with Gasteiger partial charge in [-0.05, 0) is 49.1 Å². The minimum atomic E-state index is -0.599. The maximum absolute atomic E-state index is 13.5. The summed E-state index contributed by atoms with van der Waals surface area (Å²) in [6.45, 7) is 5.87. The number of nitrogens with zero attached hydrogens (tertiary/aromatic N) is 2. The average Bonchev–Trinajstić information content (AvgIpc) is 3.33. The number of rotatable bonds is 2. The molecule has 3 heterocycles. The Bertz CT molecular complexity index is 1130. The molecule has 2 saturated heterocycles. The zero-order valence-electron chi connectivity index (χ0n) is 16.9. The van der Waals surface area contributed by atoms with Crippen molar-refractivity contribution in [2.45, 2.75) is 38.9 Å². The van der Waals surface area contributed by atoms with Crippen molar-refractivity contribution >= 4 is 11.4 Å². The summed E-state index contributed by atoms with van der Waals surface area (Å²) in [6.07, 6.45) is 0.290. The molecule has 2 aliphatic heterocycles. The number of carbonyl (C=O) groups is 1. The summed E-state index contributed by atoms with van der Waals surface area (Å²) in [5.74, 6) is -2.71. The first-order valence-corrected chi connectivity index (χ1v) is 10.1. The highest BCUT2D eigenvalue weighted by molar-refractivity contribution is 6.26. The number of hydrogen-bond donors (Lipinski definition) is 1. The van der Waals surface area contributed by atoms with Crippen molar-refractivity contribution < 1.29 is 19.0 Å². The molecule has 1 N–H and O–H groups in total. The summed E-state index contributed by atoms with van der Waals surface area (Å²) >= 11 is 0. The lowest BCUT2D eigenvalue weighted by Crippen LogP contribution is -2.39. The highest BCUT2D eigenvalue weighted by Gasteiger charge is 2.66. The van der Waals surface area contributed by atoms with Gasteiger partial charge in [-0.25, -0.2) is 4.98 Å². The van der Waals surface area contributed by atoms with Crippen molar-refractivity contribution in [2.24, 2.45) is 17.8 Å². The second-order valence-corrected chi connectivity index (χ2v) is 8.61. The Labute approximate surface area is 173 Å². The number of ketones is 1. The Hall–Kier alpha value is -3.04. The number of fused-ring (bicyclic) bond motifs is 5. The lowest BCUT2D eigenvalue weighted by molar-refractivity contribution is -0.119. The van der Waals surface area contributed by atoms with Gasteiger partial charge in [0.1, 0.15) is 5.76 Å². The van der Waals surface area contributed by atoms with E-state index in [2.05, 4.69) is 11.1 Å². The van der Waals surface area contributed by atoms with Gasteiger partial charge in [0.15, 0.2) is 5.78 Å². The van der Waals surface area contributed by atoms with Crippen molar-refractivity contribution in [1.82, 2.24) is 4.98 Å². The molecule has 0 spiro atoms. The fraction of sp³-hybridized carbons (Fsp3) is 0.375. The van der Waals surface area contributed by atoms with Crippen LogP contribution < -0.4 is 0 Å². The van der Waals surface area contributed by atoms with Crippen LogP contribution in [0.15, 0.2) is 36.2 Å². The van der Waals surface area contributed by atoms with Crippen molar-refractivity contribution in [3.05, 3.63) is 70.0 Å². The number of aliphatic hydroxyl groups is 1. The van der Waals surface area contributed by atoms with Gasteiger partial charge in [0.05, 0.1) is 41.6 Å². The van der Waals surface area contributed by atoms with E-state index in [1.807, 2.05) is 32.9 Å². The number of aryl methyl sites for hydroxylation is 3. The van der Waals surface area contributed by atoms with Crippen molar-refractivity contribution in [1.29, 1.82) is 5.26 Å². The van der Waals surface area contributed by atoms with E-state index in [-0.39, 0.29) is 17.5 Å². The molecule has 0 amide bonds. The van der Waals surface area contributed by atoms with Crippen LogP contribution in [-0.4, -0.2) is 28.1 Å². The first-order valence-electron chi connectivity index (χ1n) is 10.1. The van der Waals surface area contributed by atoms with Gasteiger partial charge < -0.3 is 9.84 Å². The lowest BCUT2D eigenvalue weighted by Gasteiger charge is -2.30. The third-order valence-electron chi connectivity index (χ3n) is 6.84. The molecule has 6 atom stereocenters. The van der Waals surface area contributed by atoms with E-state index in [9.17, 15) is 19.6 Å². The first kappa shape index (κ1) is 19.0. The summed E-state index contributed by atoms with van der Waals surface area (Å²) in [5.41, 5.74) is 4.78. The molecule has 0 radical (unpaired) electrons. The zero-order valence-corrected chi connectivity index (χ0v) is 16.9. The van der Waals surface area contributed by atoms with Crippen LogP contribution in [0, 0.1) is 55.8 Å². The van der Waals surface area contributed by atoms with E-state index >= 15 is 0 Å². The molecule has 30 heavy (non-hydrogen) atoms. The fourth-order valence-electron chi connectivity index (χ4n) is 5.84. The zero-order chi connectivity index (χ0) is 21.3. The van der Waals surface area contributed by atoms with Crippen LogP contribution in [0.25, 0.3) is 5.57 Å². The quantitative estimate of drug-likeness (QED) is 0.767. The first-order chi connectivity index (χ1) is 14.3. The topological polar surface area (TPSA) is 83.2 Å². The van der Waals surface area contributed by atoms with E-state index in [1.165, 1.54) is 12.3 Å². The molecule has 6 heteroatoms. The monoisotopic (exact) mass is 404 g/mol. The molecule has 5 nitrogen and oxygen atoms in total. The fourth-order valence-corrected chi connectivity index (χ4v) is 5.84. The van der Waals surface area contributed by atoms with Crippen LogP contribution in [0.3, 0.4) is 0 Å². The summed E-state index contributed by atoms with van der Waals surface area (Å²) in [5, 5.41) is 21.0. The molecule has 2 bridgehead atoms. The number of nitriles is 1. The Morgan fingerprint density at radius 2 is 1.80 bits per heavy atom. The molecule has 1 unspecified atom stereocenters. The molecule has 1 aromatic heterocycles. The standard InChI is InChI=1S/C24H21FN2O3/c1-10-6-11(2)16(12(3)7-10)18-21(28)19-20(22(18)29)24-17(14(8-26)23(19)30-24)13-4-5-15(25)27-9-13/h4-7,9,14,17,19-20,23-24,29H,1-3H3/t14?,17-,19+,20-,23+,24-/m1/s1. The normalized spacial score (nSPS) is 31.9. The Balaban J connectivity index is 1.62. The largest absolute Gasteiger partial charge is 0.511 e. The Morgan fingerprint density at radius 3 is 2.40 bits per heavy atom. The molecule has 5 rings (SSSR count). The number of hydrogen-bond acceptors (Lipinski definition) is 5. The highest BCUT2D eigenvalue weighted by atomic mass is 19.1. The van der Waals surface area contributed by atoms with Gasteiger partial charge in [0.25, 0.3) is 0 Å². The smallest absolute Gasteiger partial charge is 0.212 e. The van der Waals surface area contributed by atoms with Crippen molar-refractivity contribution in [2.75, 3.05) is 0 Å². The number of ether oxygens (including phenoxy) is 1. The van der Waals surface area contributed by atoms with Crippen LogP contribution in [0.2, 0.25) is 0 Å². The summed E-state index contributed by atoms with van der Waals surface area (Å²) < 4.78 is 19.4. The molecule has 1 aliphatic carbocycles. The van der Waals surface area contributed by atoms with Crippen molar-refractivity contribution in [3.63, 3.8) is 0 Å². The molecule has 2 fully saturated rings. The average molecular weight is 404 g/mol. The van der Waals surface area contributed by atoms with Gasteiger partial charge in [-0.15, -0.1) is 0 Å². The van der Waals surface area contributed by atoms with E-state index in [0.29, 0.717) is 11.1 Å². The predicted molar refractivity (Wildman–Crippen MR) is 107 cm³/mol. The number of Topliss-reactive ketones (excluding diaryl/α,β-unsaturated/α-hetero) is 1. The van der Waals surface area contributed by atoms with Gasteiger partial charge in [-0.3, -0.25) is 4.79 Å². The number of carbonyl (C=O) groups excluding carboxylic acids is 1. The number of aliphatic hydroxyl groups excluding tert-OH is 1. The number of benzene rings is 1. The molecule has 1 aromatic carbocycles. The number of pyridine rings is 1. The van der Waals surface area contributed by atoms with Gasteiger partial charge in [-0.1, -0.05) is 23.8 Å².